The summed E-state index contributed by atoms with van der Waals surface area (Å²) < 4.78 is 0. The third-order valence-electron chi connectivity index (χ3n) is 2.37. The Morgan fingerprint density at radius 2 is 2.19 bits per heavy atom. The number of nitrogens with two attached hydrogens (primary N) is 1. The fourth-order valence-electron chi connectivity index (χ4n) is 1.41. The molecule has 0 aliphatic rings. The number of aryl methyl sites for hydroxylation is 1. The predicted molar refractivity (Wildman–Crippen MR) is 65.0 cm³/mol. The second kappa shape index (κ2) is 4.61. The van der Waals surface area contributed by atoms with Crippen LogP contribution in [0.4, 0.5) is 11.4 Å². The fourth-order valence-corrected chi connectivity index (χ4v) is 1.41. The summed E-state index contributed by atoms with van der Waals surface area (Å²) >= 11 is 0. The van der Waals surface area contributed by atoms with Gasteiger partial charge in [0.05, 0.1) is 12.2 Å². The zero-order chi connectivity index (χ0) is 11.4. The average Bonchev–Trinajstić information content (AvgIpc) is 2.32. The number of hydrogen-bond donors (Lipinski definition) is 2. The summed E-state index contributed by atoms with van der Waals surface area (Å²) in [5, 5.41) is 11.1. The molecule has 0 bridgehead atoms. The van der Waals surface area contributed by atoms with Gasteiger partial charge in [0.15, 0.2) is 0 Å². The topological polar surface area (TPSA) is 63.8 Å². The van der Waals surface area contributed by atoms with Crippen LogP contribution in [0.5, 0.6) is 0 Å². The van der Waals surface area contributed by atoms with Gasteiger partial charge in [-0.3, -0.25) is 0 Å². The Morgan fingerprint density at radius 3 is 2.88 bits per heavy atom. The fraction of sp³-hybridized carbons (Fsp3) is 0.167. The molecule has 3 N–H and O–H groups in total. The van der Waals surface area contributed by atoms with Crippen molar-refractivity contribution in [3.05, 3.63) is 47.8 Å². The van der Waals surface area contributed by atoms with Crippen LogP contribution in [0.15, 0.2) is 36.5 Å². The molecule has 82 valence electrons. The van der Waals surface area contributed by atoms with Crippen molar-refractivity contribution in [2.45, 2.75) is 13.5 Å². The van der Waals surface area contributed by atoms with Gasteiger partial charge in [0, 0.05) is 17.6 Å². The molecular weight excluding hydrogens is 200 g/mol. The molecule has 1 heterocycles. The molecule has 0 radical (unpaired) electrons. The molecule has 0 fully saturated rings. The maximum atomic E-state index is 5.75. The maximum Gasteiger partial charge on any atom is 0.0821 e. The summed E-state index contributed by atoms with van der Waals surface area (Å²) in [4.78, 5) is 0. The van der Waals surface area contributed by atoms with E-state index in [-0.39, 0.29) is 0 Å². The van der Waals surface area contributed by atoms with Crippen molar-refractivity contribution in [1.82, 2.24) is 10.2 Å². The van der Waals surface area contributed by atoms with Crippen LogP contribution in [-0.2, 0) is 6.54 Å². The van der Waals surface area contributed by atoms with Crippen molar-refractivity contribution in [2.75, 3.05) is 11.1 Å². The van der Waals surface area contributed by atoms with E-state index in [2.05, 4.69) is 15.5 Å². The van der Waals surface area contributed by atoms with Crippen LogP contribution >= 0.6 is 0 Å². The minimum Gasteiger partial charge on any atom is -0.399 e. The van der Waals surface area contributed by atoms with E-state index in [4.69, 9.17) is 5.73 Å². The van der Waals surface area contributed by atoms with Gasteiger partial charge < -0.3 is 11.1 Å². The first-order valence-electron chi connectivity index (χ1n) is 5.12. The van der Waals surface area contributed by atoms with Crippen LogP contribution in [0.1, 0.15) is 11.3 Å². The Labute approximate surface area is 94.5 Å². The lowest BCUT2D eigenvalue weighted by Crippen LogP contribution is -2.02. The van der Waals surface area contributed by atoms with Crippen molar-refractivity contribution in [3.8, 4) is 0 Å². The van der Waals surface area contributed by atoms with E-state index in [9.17, 15) is 0 Å². The van der Waals surface area contributed by atoms with Crippen molar-refractivity contribution in [2.24, 2.45) is 0 Å². The molecule has 2 aromatic rings. The molecule has 0 unspecified atom stereocenters. The van der Waals surface area contributed by atoms with Crippen molar-refractivity contribution < 1.29 is 0 Å². The first kappa shape index (κ1) is 10.4. The number of anilines is 2. The van der Waals surface area contributed by atoms with E-state index in [1.807, 2.05) is 37.3 Å². The molecule has 4 heteroatoms. The van der Waals surface area contributed by atoms with Gasteiger partial charge in [-0.2, -0.15) is 10.2 Å². The average molecular weight is 214 g/mol. The van der Waals surface area contributed by atoms with Gasteiger partial charge in [-0.1, -0.05) is 0 Å². The van der Waals surface area contributed by atoms with Crippen LogP contribution in [0.25, 0.3) is 0 Å². The third kappa shape index (κ3) is 2.48. The Bertz CT molecular complexity index is 468. The first-order valence-corrected chi connectivity index (χ1v) is 5.12. The number of nitrogen functional groups attached to an aromatic ring is 1. The standard InChI is InChI=1S/C12H14N4/c1-9-7-10(4-5-12(9)13)14-8-11-3-2-6-15-16-11/h2-7,14H,8,13H2,1H3. The Hall–Kier alpha value is -2.10. The van der Waals surface area contributed by atoms with Crippen LogP contribution in [-0.4, -0.2) is 10.2 Å². The highest BCUT2D eigenvalue weighted by molar-refractivity contribution is 5.56. The zero-order valence-electron chi connectivity index (χ0n) is 9.14. The van der Waals surface area contributed by atoms with Gasteiger partial charge in [0.25, 0.3) is 0 Å². The zero-order valence-corrected chi connectivity index (χ0v) is 9.14. The normalized spacial score (nSPS) is 10.1. The highest BCUT2D eigenvalue weighted by Gasteiger charge is 1.97. The summed E-state index contributed by atoms with van der Waals surface area (Å²) in [6.07, 6.45) is 1.66. The van der Waals surface area contributed by atoms with E-state index in [0.29, 0.717) is 6.54 Å². The Balaban J connectivity index is 2.03. The minimum atomic E-state index is 0.664. The maximum absolute atomic E-state index is 5.75. The molecular formula is C12H14N4. The van der Waals surface area contributed by atoms with Gasteiger partial charge in [-0.15, -0.1) is 0 Å². The molecule has 0 amide bonds. The Morgan fingerprint density at radius 1 is 1.31 bits per heavy atom. The van der Waals surface area contributed by atoms with Crippen LogP contribution in [0, 0.1) is 6.92 Å². The number of aromatic nitrogens is 2. The SMILES string of the molecule is Cc1cc(NCc2cccnn2)ccc1N. The number of rotatable bonds is 3. The molecule has 1 aromatic carbocycles. The quantitative estimate of drug-likeness (QED) is 0.767. The van der Waals surface area contributed by atoms with E-state index >= 15 is 0 Å². The van der Waals surface area contributed by atoms with Gasteiger partial charge in [0.2, 0.25) is 0 Å². The van der Waals surface area contributed by atoms with Crippen LogP contribution in [0.3, 0.4) is 0 Å². The van der Waals surface area contributed by atoms with E-state index in [1.165, 1.54) is 0 Å². The molecule has 0 atom stereocenters. The summed E-state index contributed by atoms with van der Waals surface area (Å²) in [6, 6.07) is 9.68. The smallest absolute Gasteiger partial charge is 0.0821 e. The van der Waals surface area contributed by atoms with Crippen LogP contribution in [0.2, 0.25) is 0 Å². The molecule has 4 nitrogen and oxygen atoms in total. The van der Waals surface area contributed by atoms with Crippen molar-refractivity contribution in [3.63, 3.8) is 0 Å². The highest BCUT2D eigenvalue weighted by Crippen LogP contribution is 2.16. The molecule has 0 aliphatic heterocycles. The number of nitrogens with one attached hydrogen (secondary N) is 1. The third-order valence-corrected chi connectivity index (χ3v) is 2.37. The second-order valence-corrected chi connectivity index (χ2v) is 3.64. The van der Waals surface area contributed by atoms with Crippen LogP contribution < -0.4 is 11.1 Å². The van der Waals surface area contributed by atoms with Gasteiger partial charge in [-0.25, -0.2) is 0 Å². The molecule has 2 rings (SSSR count). The first-order chi connectivity index (χ1) is 7.75. The monoisotopic (exact) mass is 214 g/mol. The van der Waals surface area contributed by atoms with E-state index in [0.717, 1.165) is 22.6 Å². The summed E-state index contributed by atoms with van der Waals surface area (Å²) in [5.74, 6) is 0. The molecule has 0 saturated carbocycles. The van der Waals surface area contributed by atoms with Gasteiger partial charge in [-0.05, 0) is 42.8 Å². The number of benzene rings is 1. The van der Waals surface area contributed by atoms with E-state index < -0.39 is 0 Å². The lowest BCUT2D eigenvalue weighted by atomic mass is 10.2. The number of hydrogen-bond acceptors (Lipinski definition) is 4. The predicted octanol–water partition coefficient (Wildman–Crippen LogP) is 1.98. The largest absolute Gasteiger partial charge is 0.399 e. The van der Waals surface area contributed by atoms with E-state index in [1.54, 1.807) is 6.20 Å². The molecule has 16 heavy (non-hydrogen) atoms. The van der Waals surface area contributed by atoms with Gasteiger partial charge in [0.1, 0.15) is 0 Å². The Kier molecular flexibility index (Phi) is 3.00. The number of nitrogens with zero attached hydrogens (tertiary/aromatic N) is 2. The minimum absolute atomic E-state index is 0.664. The van der Waals surface area contributed by atoms with Crippen molar-refractivity contribution >= 4 is 11.4 Å². The van der Waals surface area contributed by atoms with Gasteiger partial charge >= 0.3 is 0 Å². The lowest BCUT2D eigenvalue weighted by molar-refractivity contribution is 0.925. The summed E-state index contributed by atoms with van der Waals surface area (Å²) in [6.45, 7) is 2.65. The summed E-state index contributed by atoms with van der Waals surface area (Å²) in [7, 11) is 0. The van der Waals surface area contributed by atoms with Crippen molar-refractivity contribution in [1.29, 1.82) is 0 Å². The molecule has 0 aliphatic carbocycles. The second-order valence-electron chi connectivity index (χ2n) is 3.64. The molecule has 1 aromatic heterocycles. The summed E-state index contributed by atoms with van der Waals surface area (Å²) in [5.41, 5.74) is 9.58. The lowest BCUT2D eigenvalue weighted by Gasteiger charge is -2.07. The molecule has 0 spiro atoms. The highest BCUT2D eigenvalue weighted by atomic mass is 15.1. The molecule has 0 saturated heterocycles.